The average molecular weight is 336 g/mol. The number of para-hydroxylation sites is 1. The van der Waals surface area contributed by atoms with Gasteiger partial charge in [0.2, 0.25) is 0 Å². The third-order valence-corrected chi connectivity index (χ3v) is 4.54. The zero-order valence-electron chi connectivity index (χ0n) is 11.6. The van der Waals surface area contributed by atoms with Crippen LogP contribution in [0.4, 0.5) is 4.79 Å². The average Bonchev–Trinajstić information content (AvgIpc) is 2.94. The van der Waals surface area contributed by atoms with Gasteiger partial charge in [-0.1, -0.05) is 23.7 Å². The fourth-order valence-electron chi connectivity index (χ4n) is 1.99. The molecule has 1 aliphatic heterocycles. The lowest BCUT2D eigenvalue weighted by Crippen LogP contribution is -2.28. The third kappa shape index (κ3) is 3.87. The molecule has 0 spiro atoms. The highest BCUT2D eigenvalue weighted by molar-refractivity contribution is 7.99. The van der Waals surface area contributed by atoms with E-state index in [1.54, 1.807) is 23.9 Å². The highest BCUT2D eigenvalue weighted by Gasteiger charge is 2.22. The van der Waals surface area contributed by atoms with Crippen LogP contribution in [0.1, 0.15) is 0 Å². The molecule has 4 nitrogen and oxygen atoms in total. The fourth-order valence-corrected chi connectivity index (χ4v) is 3.10. The number of hydrogen-bond acceptors (Lipinski definition) is 4. The number of nitrogens with one attached hydrogen (secondary N) is 1. The van der Waals surface area contributed by atoms with Gasteiger partial charge < -0.3 is 14.8 Å². The number of ether oxygens (including phenoxy) is 2. The van der Waals surface area contributed by atoms with Crippen LogP contribution < -0.4 is 10.1 Å². The molecule has 1 heterocycles. The molecule has 0 aliphatic carbocycles. The normalized spacial score (nSPS) is 17.0. The van der Waals surface area contributed by atoms with Gasteiger partial charge >= 0.3 is 6.09 Å². The summed E-state index contributed by atoms with van der Waals surface area (Å²) in [6, 6.07) is 15.1. The van der Waals surface area contributed by atoms with Gasteiger partial charge in [0.15, 0.2) is 0 Å². The van der Waals surface area contributed by atoms with Crippen LogP contribution in [-0.4, -0.2) is 24.5 Å². The van der Waals surface area contributed by atoms with E-state index in [1.165, 1.54) is 0 Å². The minimum atomic E-state index is -0.351. The van der Waals surface area contributed by atoms with Crippen LogP contribution in [-0.2, 0) is 4.74 Å². The maximum atomic E-state index is 11.0. The standard InChI is InChI=1S/C16H14ClNO3S/c17-11-5-7-13(8-6-11)21-14-3-1-2-4-15(14)22-10-12-9-20-16(19)18-12/h1-8,12H,9-10H2,(H,18,19). The SMILES string of the molecule is O=C1NC(CSc2ccccc2Oc2ccc(Cl)cc2)CO1. The van der Waals surface area contributed by atoms with Gasteiger partial charge in [-0.05, 0) is 36.4 Å². The lowest BCUT2D eigenvalue weighted by atomic mass is 10.3. The van der Waals surface area contributed by atoms with Gasteiger partial charge in [-0.3, -0.25) is 0 Å². The Labute approximate surface area is 137 Å². The van der Waals surface area contributed by atoms with Crippen molar-refractivity contribution < 1.29 is 14.3 Å². The van der Waals surface area contributed by atoms with E-state index in [-0.39, 0.29) is 12.1 Å². The molecule has 2 aromatic rings. The van der Waals surface area contributed by atoms with Crippen molar-refractivity contribution in [3.8, 4) is 11.5 Å². The van der Waals surface area contributed by atoms with Gasteiger partial charge in [0.1, 0.15) is 18.1 Å². The highest BCUT2D eigenvalue weighted by Crippen LogP contribution is 2.33. The zero-order chi connectivity index (χ0) is 15.4. The molecule has 0 aromatic heterocycles. The summed E-state index contributed by atoms with van der Waals surface area (Å²) in [6.07, 6.45) is -0.351. The van der Waals surface area contributed by atoms with Crippen molar-refractivity contribution in [2.45, 2.75) is 10.9 Å². The van der Waals surface area contributed by atoms with Gasteiger partial charge in [-0.25, -0.2) is 4.79 Å². The molecule has 2 aromatic carbocycles. The lowest BCUT2D eigenvalue weighted by molar-refractivity contribution is 0.177. The first-order valence-corrected chi connectivity index (χ1v) is 8.15. The molecular formula is C16H14ClNO3S. The Bertz CT molecular complexity index is 663. The molecule has 6 heteroatoms. The highest BCUT2D eigenvalue weighted by atomic mass is 35.5. The van der Waals surface area contributed by atoms with Crippen molar-refractivity contribution >= 4 is 29.5 Å². The van der Waals surface area contributed by atoms with E-state index in [1.807, 2.05) is 36.4 Å². The van der Waals surface area contributed by atoms with Crippen molar-refractivity contribution in [2.75, 3.05) is 12.4 Å². The maximum absolute atomic E-state index is 11.0. The van der Waals surface area contributed by atoms with E-state index in [0.29, 0.717) is 11.6 Å². The molecule has 0 radical (unpaired) electrons. The first-order valence-electron chi connectivity index (χ1n) is 6.79. The Kier molecular flexibility index (Phi) is 4.75. The molecular weight excluding hydrogens is 322 g/mol. The van der Waals surface area contributed by atoms with Gasteiger partial charge in [0.25, 0.3) is 0 Å². The quantitative estimate of drug-likeness (QED) is 0.826. The summed E-state index contributed by atoms with van der Waals surface area (Å²) < 4.78 is 10.8. The summed E-state index contributed by atoms with van der Waals surface area (Å²) in [4.78, 5) is 12.0. The Morgan fingerprint density at radius 1 is 1.23 bits per heavy atom. The van der Waals surface area contributed by atoms with E-state index >= 15 is 0 Å². The molecule has 1 fully saturated rings. The Morgan fingerprint density at radius 2 is 2.00 bits per heavy atom. The molecule has 0 bridgehead atoms. The maximum Gasteiger partial charge on any atom is 0.407 e. The number of alkyl carbamates (subject to hydrolysis) is 1. The zero-order valence-corrected chi connectivity index (χ0v) is 13.2. The van der Waals surface area contributed by atoms with Crippen LogP contribution in [0.3, 0.4) is 0 Å². The number of amides is 1. The summed E-state index contributed by atoms with van der Waals surface area (Å²) in [6.45, 7) is 0.409. The summed E-state index contributed by atoms with van der Waals surface area (Å²) in [5.41, 5.74) is 0. The number of rotatable bonds is 5. The first kappa shape index (κ1) is 15.1. The molecule has 1 saturated heterocycles. The topological polar surface area (TPSA) is 47.6 Å². The second-order valence-corrected chi connectivity index (χ2v) is 6.25. The molecule has 1 N–H and O–H groups in total. The first-order chi connectivity index (χ1) is 10.7. The molecule has 3 rings (SSSR count). The van der Waals surface area contributed by atoms with E-state index in [2.05, 4.69) is 5.32 Å². The Hall–Kier alpha value is -1.85. The van der Waals surface area contributed by atoms with E-state index < -0.39 is 0 Å². The van der Waals surface area contributed by atoms with E-state index in [4.69, 9.17) is 21.1 Å². The van der Waals surface area contributed by atoms with Crippen molar-refractivity contribution in [3.63, 3.8) is 0 Å². The molecule has 1 unspecified atom stereocenters. The summed E-state index contributed by atoms with van der Waals surface area (Å²) in [7, 11) is 0. The molecule has 1 aliphatic rings. The van der Waals surface area contributed by atoms with Crippen LogP contribution in [0.2, 0.25) is 5.02 Å². The van der Waals surface area contributed by atoms with Crippen molar-refractivity contribution in [3.05, 3.63) is 53.6 Å². The van der Waals surface area contributed by atoms with Crippen LogP contribution >= 0.6 is 23.4 Å². The van der Waals surface area contributed by atoms with Crippen LogP contribution in [0.25, 0.3) is 0 Å². The number of carbonyl (C=O) groups excluding carboxylic acids is 1. The van der Waals surface area contributed by atoms with E-state index in [0.717, 1.165) is 22.1 Å². The minimum absolute atomic E-state index is 0.0288. The number of hydrogen-bond donors (Lipinski definition) is 1. The summed E-state index contributed by atoms with van der Waals surface area (Å²) in [5.74, 6) is 2.24. The molecule has 1 amide bonds. The predicted octanol–water partition coefficient (Wildman–Crippen LogP) is 4.33. The minimum Gasteiger partial charge on any atom is -0.456 e. The second-order valence-electron chi connectivity index (χ2n) is 4.75. The van der Waals surface area contributed by atoms with Crippen LogP contribution in [0.5, 0.6) is 11.5 Å². The smallest absolute Gasteiger partial charge is 0.407 e. The largest absolute Gasteiger partial charge is 0.456 e. The molecule has 114 valence electrons. The number of halogens is 1. The monoisotopic (exact) mass is 335 g/mol. The van der Waals surface area contributed by atoms with Gasteiger partial charge in [-0.15, -0.1) is 11.8 Å². The van der Waals surface area contributed by atoms with Gasteiger partial charge in [0, 0.05) is 10.8 Å². The molecule has 22 heavy (non-hydrogen) atoms. The second kappa shape index (κ2) is 6.94. The van der Waals surface area contributed by atoms with Crippen molar-refractivity contribution in [2.24, 2.45) is 0 Å². The molecule has 0 saturated carbocycles. The number of benzene rings is 2. The number of cyclic esters (lactones) is 1. The van der Waals surface area contributed by atoms with Crippen LogP contribution in [0, 0.1) is 0 Å². The third-order valence-electron chi connectivity index (χ3n) is 3.07. The summed E-state index contributed by atoms with van der Waals surface area (Å²) >= 11 is 7.50. The fraction of sp³-hybridized carbons (Fsp3) is 0.188. The van der Waals surface area contributed by atoms with Gasteiger partial charge in [0.05, 0.1) is 10.9 Å². The Balaban J connectivity index is 1.67. The molecule has 1 atom stereocenters. The Morgan fingerprint density at radius 3 is 2.73 bits per heavy atom. The summed E-state index contributed by atoms with van der Waals surface area (Å²) in [5, 5.41) is 3.44. The predicted molar refractivity (Wildman–Crippen MR) is 87.0 cm³/mol. The van der Waals surface area contributed by atoms with Crippen molar-refractivity contribution in [1.82, 2.24) is 5.32 Å². The van der Waals surface area contributed by atoms with Gasteiger partial charge in [-0.2, -0.15) is 0 Å². The lowest BCUT2D eigenvalue weighted by Gasteiger charge is -2.12. The van der Waals surface area contributed by atoms with Crippen LogP contribution in [0.15, 0.2) is 53.4 Å². The van der Waals surface area contributed by atoms with E-state index in [9.17, 15) is 4.79 Å². The number of thioether (sulfide) groups is 1. The number of carbonyl (C=O) groups is 1. The van der Waals surface area contributed by atoms with Crippen molar-refractivity contribution in [1.29, 1.82) is 0 Å².